The van der Waals surface area contributed by atoms with Crippen LogP contribution in [0.15, 0.2) is 49.1 Å². The van der Waals surface area contributed by atoms with Gasteiger partial charge in [-0.15, -0.1) is 0 Å². The molecule has 2 aromatic rings. The van der Waals surface area contributed by atoms with E-state index in [1.54, 1.807) is 25.5 Å². The number of aliphatic hydroxyl groups is 1. The second kappa shape index (κ2) is 5.46. The van der Waals surface area contributed by atoms with E-state index in [0.717, 1.165) is 12.1 Å². The van der Waals surface area contributed by atoms with Gasteiger partial charge in [-0.2, -0.15) is 0 Å². The van der Waals surface area contributed by atoms with Crippen LogP contribution in [0.5, 0.6) is 0 Å². The minimum Gasteiger partial charge on any atom is -0.389 e. The first-order chi connectivity index (χ1) is 8.24. The molecule has 1 N–H and O–H groups in total. The summed E-state index contributed by atoms with van der Waals surface area (Å²) >= 11 is 0. The fourth-order valence-electron chi connectivity index (χ4n) is 1.58. The highest BCUT2D eigenvalue weighted by Gasteiger charge is 1.94. The number of hydrogen-bond acceptors (Lipinski definition) is 2. The van der Waals surface area contributed by atoms with Crippen molar-refractivity contribution in [1.29, 1.82) is 0 Å². The van der Waals surface area contributed by atoms with E-state index < -0.39 is 6.10 Å². The van der Waals surface area contributed by atoms with Crippen molar-refractivity contribution in [1.82, 2.24) is 9.55 Å². The van der Waals surface area contributed by atoms with Crippen LogP contribution < -0.4 is 0 Å². The molecular formula is C14H16N2O. The van der Waals surface area contributed by atoms with E-state index in [-0.39, 0.29) is 0 Å². The van der Waals surface area contributed by atoms with Crippen molar-refractivity contribution in [3.8, 4) is 0 Å². The normalized spacial score (nSPS) is 13.1. The Labute approximate surface area is 101 Å². The summed E-state index contributed by atoms with van der Waals surface area (Å²) in [7, 11) is 0. The molecule has 3 nitrogen and oxygen atoms in total. The predicted octanol–water partition coefficient (Wildman–Crippen LogP) is 2.33. The lowest BCUT2D eigenvalue weighted by molar-refractivity contribution is 0.245. The Morgan fingerprint density at radius 3 is 2.71 bits per heavy atom. The van der Waals surface area contributed by atoms with Crippen molar-refractivity contribution in [2.24, 2.45) is 0 Å². The smallest absolute Gasteiger partial charge is 0.0949 e. The lowest BCUT2D eigenvalue weighted by Crippen LogP contribution is -1.96. The lowest BCUT2D eigenvalue weighted by Gasteiger charge is -2.03. The molecule has 0 amide bonds. The highest BCUT2D eigenvalue weighted by molar-refractivity contribution is 5.50. The zero-order valence-corrected chi connectivity index (χ0v) is 9.82. The first-order valence-electron chi connectivity index (χ1n) is 5.65. The van der Waals surface area contributed by atoms with Gasteiger partial charge in [0.15, 0.2) is 0 Å². The van der Waals surface area contributed by atoms with Crippen LogP contribution in [-0.4, -0.2) is 20.8 Å². The molecule has 1 heterocycles. The number of aliphatic hydroxyl groups excluding tert-OH is 1. The highest BCUT2D eigenvalue weighted by Crippen LogP contribution is 2.08. The number of benzene rings is 1. The van der Waals surface area contributed by atoms with Crippen molar-refractivity contribution in [2.45, 2.75) is 19.6 Å². The van der Waals surface area contributed by atoms with Crippen LogP contribution in [0, 0.1) is 0 Å². The van der Waals surface area contributed by atoms with Gasteiger partial charge in [-0.1, -0.05) is 36.4 Å². The Balaban J connectivity index is 2.03. The zero-order chi connectivity index (χ0) is 12.1. The Bertz CT molecular complexity index is 469. The molecule has 0 radical (unpaired) electrons. The Morgan fingerprint density at radius 2 is 2.12 bits per heavy atom. The summed E-state index contributed by atoms with van der Waals surface area (Å²) in [5.41, 5.74) is 2.33. The van der Waals surface area contributed by atoms with Crippen LogP contribution in [0.1, 0.15) is 18.1 Å². The molecule has 0 aliphatic rings. The Hall–Kier alpha value is -1.87. The first kappa shape index (κ1) is 11.6. The van der Waals surface area contributed by atoms with Crippen LogP contribution in [0.25, 0.3) is 6.08 Å². The second-order valence-electron chi connectivity index (χ2n) is 4.08. The van der Waals surface area contributed by atoms with E-state index in [9.17, 15) is 0 Å². The molecule has 1 atom stereocenters. The van der Waals surface area contributed by atoms with E-state index in [1.807, 2.05) is 29.0 Å². The molecule has 0 saturated heterocycles. The SMILES string of the molecule is CC(O)/C=C/c1ccc(Cn2ccnc2)cc1. The maximum absolute atomic E-state index is 9.14. The van der Waals surface area contributed by atoms with Crippen LogP contribution >= 0.6 is 0 Å². The van der Waals surface area contributed by atoms with Crippen molar-refractivity contribution < 1.29 is 5.11 Å². The average molecular weight is 228 g/mol. The minimum atomic E-state index is -0.402. The number of hydrogen-bond donors (Lipinski definition) is 1. The van der Waals surface area contributed by atoms with Gasteiger partial charge in [0, 0.05) is 18.9 Å². The molecule has 1 aromatic carbocycles. The van der Waals surface area contributed by atoms with Gasteiger partial charge in [0.1, 0.15) is 0 Å². The number of imidazole rings is 1. The maximum atomic E-state index is 9.14. The molecular weight excluding hydrogens is 212 g/mol. The van der Waals surface area contributed by atoms with E-state index in [2.05, 4.69) is 17.1 Å². The topological polar surface area (TPSA) is 38.0 Å². The summed E-state index contributed by atoms with van der Waals surface area (Å²) in [5, 5.41) is 9.14. The van der Waals surface area contributed by atoms with E-state index >= 15 is 0 Å². The predicted molar refractivity (Wildman–Crippen MR) is 68.5 cm³/mol. The van der Waals surface area contributed by atoms with Crippen molar-refractivity contribution in [3.63, 3.8) is 0 Å². The molecule has 1 aromatic heterocycles. The third-order valence-electron chi connectivity index (χ3n) is 2.47. The van der Waals surface area contributed by atoms with Crippen molar-refractivity contribution in [2.75, 3.05) is 0 Å². The summed E-state index contributed by atoms with van der Waals surface area (Å²) < 4.78 is 2.03. The van der Waals surface area contributed by atoms with E-state index in [4.69, 9.17) is 5.11 Å². The molecule has 88 valence electrons. The van der Waals surface area contributed by atoms with Crippen LogP contribution in [-0.2, 0) is 6.54 Å². The average Bonchev–Trinajstić information content (AvgIpc) is 2.81. The molecule has 3 heteroatoms. The summed E-state index contributed by atoms with van der Waals surface area (Å²) in [5.74, 6) is 0. The van der Waals surface area contributed by atoms with Gasteiger partial charge in [0.05, 0.1) is 12.4 Å². The molecule has 2 rings (SSSR count). The van der Waals surface area contributed by atoms with Gasteiger partial charge < -0.3 is 9.67 Å². The second-order valence-corrected chi connectivity index (χ2v) is 4.08. The summed E-state index contributed by atoms with van der Waals surface area (Å²) in [6.07, 6.45) is 8.82. The van der Waals surface area contributed by atoms with Crippen molar-refractivity contribution >= 4 is 6.08 Å². The largest absolute Gasteiger partial charge is 0.389 e. The van der Waals surface area contributed by atoms with Crippen LogP contribution in [0.2, 0.25) is 0 Å². The molecule has 0 bridgehead atoms. The van der Waals surface area contributed by atoms with Gasteiger partial charge in [0.2, 0.25) is 0 Å². The van der Waals surface area contributed by atoms with Crippen LogP contribution in [0.4, 0.5) is 0 Å². The molecule has 0 aliphatic carbocycles. The monoisotopic (exact) mass is 228 g/mol. The fraction of sp³-hybridized carbons (Fsp3) is 0.214. The van der Waals surface area contributed by atoms with E-state index in [0.29, 0.717) is 0 Å². The van der Waals surface area contributed by atoms with Gasteiger partial charge in [0.25, 0.3) is 0 Å². The molecule has 17 heavy (non-hydrogen) atoms. The summed E-state index contributed by atoms with van der Waals surface area (Å²) in [6.45, 7) is 2.57. The van der Waals surface area contributed by atoms with Crippen molar-refractivity contribution in [3.05, 3.63) is 60.2 Å². The number of aromatic nitrogens is 2. The maximum Gasteiger partial charge on any atom is 0.0949 e. The number of rotatable bonds is 4. The minimum absolute atomic E-state index is 0.402. The Morgan fingerprint density at radius 1 is 1.35 bits per heavy atom. The van der Waals surface area contributed by atoms with Gasteiger partial charge in [-0.05, 0) is 18.1 Å². The molecule has 0 fully saturated rings. The summed E-state index contributed by atoms with van der Waals surface area (Å²) in [6, 6.07) is 8.26. The quantitative estimate of drug-likeness (QED) is 0.872. The standard InChI is InChI=1S/C14H16N2O/c1-12(17)2-3-13-4-6-14(7-5-13)10-16-9-8-15-11-16/h2-9,11-12,17H,10H2,1H3/b3-2+. The molecule has 0 spiro atoms. The first-order valence-corrected chi connectivity index (χ1v) is 5.65. The van der Waals surface area contributed by atoms with Crippen LogP contribution in [0.3, 0.4) is 0 Å². The summed E-state index contributed by atoms with van der Waals surface area (Å²) in [4.78, 5) is 4.01. The van der Waals surface area contributed by atoms with Gasteiger partial charge in [-0.3, -0.25) is 0 Å². The van der Waals surface area contributed by atoms with E-state index in [1.165, 1.54) is 5.56 Å². The third-order valence-corrected chi connectivity index (χ3v) is 2.47. The van der Waals surface area contributed by atoms with Gasteiger partial charge >= 0.3 is 0 Å². The zero-order valence-electron chi connectivity index (χ0n) is 9.82. The van der Waals surface area contributed by atoms with Gasteiger partial charge in [-0.25, -0.2) is 4.98 Å². The lowest BCUT2D eigenvalue weighted by atomic mass is 10.1. The number of nitrogens with zero attached hydrogens (tertiary/aromatic N) is 2. The highest BCUT2D eigenvalue weighted by atomic mass is 16.3. The molecule has 0 saturated carbocycles. The Kier molecular flexibility index (Phi) is 3.73. The third kappa shape index (κ3) is 3.57. The molecule has 0 aliphatic heterocycles. The fourth-order valence-corrected chi connectivity index (χ4v) is 1.58. The molecule has 1 unspecified atom stereocenters.